The molecular weight excluding hydrogens is 490 g/mol. The number of hydrogen-bond donors (Lipinski definition) is 1. The fourth-order valence-corrected chi connectivity index (χ4v) is 5.75. The first kappa shape index (κ1) is 22.6. The smallest absolute Gasteiger partial charge is 0.168 e. The Morgan fingerprint density at radius 1 is 1.18 bits per heavy atom. The number of ketones is 1. The summed E-state index contributed by atoms with van der Waals surface area (Å²) in [6.45, 7) is 4.44. The minimum atomic E-state index is -0.383. The second-order valence-electron chi connectivity index (χ2n) is 9.64. The van der Waals surface area contributed by atoms with Crippen LogP contribution in [0.5, 0.6) is 11.5 Å². The molecule has 0 saturated carbocycles. The van der Waals surface area contributed by atoms with Crippen molar-refractivity contribution in [2.24, 2.45) is 5.41 Å². The fraction of sp³-hybridized carbons (Fsp3) is 0.276. The average Bonchev–Trinajstić information content (AvgIpc) is 2.81. The zero-order chi connectivity index (χ0) is 24.0. The number of allylic oxidation sites excluding steroid dienone is 1. The molecule has 0 aromatic heterocycles. The van der Waals surface area contributed by atoms with Crippen molar-refractivity contribution in [3.63, 3.8) is 0 Å². The lowest BCUT2D eigenvalue weighted by Crippen LogP contribution is -2.33. The van der Waals surface area contributed by atoms with Crippen molar-refractivity contribution in [2.75, 3.05) is 19.0 Å². The number of terminal acetylenes is 1. The molecule has 0 spiro atoms. The van der Waals surface area contributed by atoms with Crippen molar-refractivity contribution in [3.05, 3.63) is 69.7 Å². The Morgan fingerprint density at radius 3 is 2.74 bits per heavy atom. The van der Waals surface area contributed by atoms with Gasteiger partial charge in [-0.2, -0.15) is 0 Å². The summed E-state index contributed by atoms with van der Waals surface area (Å²) in [6, 6.07) is 16.0. The van der Waals surface area contributed by atoms with Crippen molar-refractivity contribution >= 4 is 43.7 Å². The molecule has 2 aliphatic rings. The van der Waals surface area contributed by atoms with E-state index in [2.05, 4.69) is 71.3 Å². The highest BCUT2D eigenvalue weighted by atomic mass is 79.9. The van der Waals surface area contributed by atoms with Gasteiger partial charge in [0.15, 0.2) is 17.3 Å². The van der Waals surface area contributed by atoms with E-state index >= 15 is 0 Å². The van der Waals surface area contributed by atoms with Gasteiger partial charge in [0.25, 0.3) is 0 Å². The molecule has 0 saturated heterocycles. The number of nitrogens with one attached hydrogen (secondary N) is 1. The van der Waals surface area contributed by atoms with Crippen molar-refractivity contribution in [1.82, 2.24) is 0 Å². The van der Waals surface area contributed by atoms with Crippen molar-refractivity contribution in [3.8, 4) is 23.8 Å². The van der Waals surface area contributed by atoms with E-state index in [1.165, 1.54) is 0 Å². The number of anilines is 1. The molecule has 3 aromatic rings. The molecular formula is C29H26BrNO3. The lowest BCUT2D eigenvalue weighted by atomic mass is 9.67. The molecule has 1 heterocycles. The summed E-state index contributed by atoms with van der Waals surface area (Å²) < 4.78 is 12.4. The van der Waals surface area contributed by atoms with Gasteiger partial charge in [-0.25, -0.2) is 0 Å². The van der Waals surface area contributed by atoms with Gasteiger partial charge in [0.1, 0.15) is 6.61 Å². The van der Waals surface area contributed by atoms with Crippen LogP contribution in [0, 0.1) is 17.8 Å². The standard InChI is InChI=1S/C29H26BrNO3/c1-5-12-34-28-20(13-18(30)14-24(28)33-4)27-26-21(15-29(2,3)16-23(26)32)25-19-9-7-6-8-17(19)10-11-22(25)31-27/h1,6-11,13-14,27,31H,12,15-16H2,2-4H3/t27-/m1/s1. The van der Waals surface area contributed by atoms with E-state index < -0.39 is 0 Å². The summed E-state index contributed by atoms with van der Waals surface area (Å²) in [5.74, 6) is 3.81. The molecule has 3 aromatic carbocycles. The summed E-state index contributed by atoms with van der Waals surface area (Å²) in [7, 11) is 1.60. The van der Waals surface area contributed by atoms with Gasteiger partial charge in [0.05, 0.1) is 13.2 Å². The van der Waals surface area contributed by atoms with Crippen LogP contribution in [-0.2, 0) is 4.79 Å². The van der Waals surface area contributed by atoms with E-state index in [0.29, 0.717) is 17.9 Å². The normalized spacial score (nSPS) is 18.6. The first-order valence-corrected chi connectivity index (χ1v) is 12.1. The zero-order valence-corrected chi connectivity index (χ0v) is 21.1. The number of benzene rings is 3. The summed E-state index contributed by atoms with van der Waals surface area (Å²) in [4.78, 5) is 13.7. The molecule has 4 nitrogen and oxygen atoms in total. The Kier molecular flexibility index (Phi) is 5.65. The van der Waals surface area contributed by atoms with Crippen LogP contribution in [0.1, 0.15) is 43.9 Å². The van der Waals surface area contributed by atoms with E-state index in [4.69, 9.17) is 15.9 Å². The van der Waals surface area contributed by atoms with E-state index in [9.17, 15) is 4.79 Å². The molecule has 5 rings (SSSR count). The maximum absolute atomic E-state index is 13.7. The molecule has 172 valence electrons. The lowest BCUT2D eigenvalue weighted by Gasteiger charge is -2.40. The third-order valence-electron chi connectivity index (χ3n) is 6.62. The predicted molar refractivity (Wildman–Crippen MR) is 140 cm³/mol. The highest BCUT2D eigenvalue weighted by molar-refractivity contribution is 9.10. The van der Waals surface area contributed by atoms with Crippen LogP contribution >= 0.6 is 15.9 Å². The van der Waals surface area contributed by atoms with Crippen LogP contribution in [-0.4, -0.2) is 19.5 Å². The minimum Gasteiger partial charge on any atom is -0.493 e. The van der Waals surface area contributed by atoms with Gasteiger partial charge >= 0.3 is 0 Å². The first-order chi connectivity index (χ1) is 16.3. The molecule has 5 heteroatoms. The van der Waals surface area contributed by atoms with Gasteiger partial charge in [-0.15, -0.1) is 6.42 Å². The summed E-state index contributed by atoms with van der Waals surface area (Å²) in [5.41, 5.74) is 4.74. The molecule has 34 heavy (non-hydrogen) atoms. The number of methoxy groups -OCH3 is 1. The Bertz CT molecular complexity index is 1400. The SMILES string of the molecule is C#CCOc1c(OC)cc(Br)cc1[C@H]1Nc2ccc3ccccc3c2C2=C1C(=O)CC(C)(C)C2. The van der Waals surface area contributed by atoms with Gasteiger partial charge in [0.2, 0.25) is 0 Å². The highest BCUT2D eigenvalue weighted by Crippen LogP contribution is 2.54. The van der Waals surface area contributed by atoms with E-state index in [0.717, 1.165) is 49.6 Å². The Hall–Kier alpha value is -3.23. The second-order valence-corrected chi connectivity index (χ2v) is 10.6. The van der Waals surface area contributed by atoms with Crippen LogP contribution in [0.2, 0.25) is 0 Å². The minimum absolute atomic E-state index is 0.103. The van der Waals surface area contributed by atoms with Crippen LogP contribution in [0.4, 0.5) is 5.69 Å². The molecule has 0 fully saturated rings. The lowest BCUT2D eigenvalue weighted by molar-refractivity contribution is -0.118. The van der Waals surface area contributed by atoms with Crippen molar-refractivity contribution < 1.29 is 14.3 Å². The molecule has 1 N–H and O–H groups in total. The van der Waals surface area contributed by atoms with Gasteiger partial charge in [-0.3, -0.25) is 4.79 Å². The molecule has 0 amide bonds. The molecule has 1 aliphatic heterocycles. The molecule has 0 bridgehead atoms. The van der Waals surface area contributed by atoms with E-state index in [1.807, 2.05) is 18.2 Å². The number of hydrogen-bond acceptors (Lipinski definition) is 4. The van der Waals surface area contributed by atoms with Crippen LogP contribution in [0.3, 0.4) is 0 Å². The maximum atomic E-state index is 13.7. The van der Waals surface area contributed by atoms with Gasteiger partial charge in [-0.05, 0) is 46.4 Å². The monoisotopic (exact) mass is 515 g/mol. The van der Waals surface area contributed by atoms with Gasteiger partial charge in [-0.1, -0.05) is 66.0 Å². The van der Waals surface area contributed by atoms with E-state index in [1.54, 1.807) is 7.11 Å². The quantitative estimate of drug-likeness (QED) is 0.382. The van der Waals surface area contributed by atoms with Crippen molar-refractivity contribution in [2.45, 2.75) is 32.7 Å². The third-order valence-corrected chi connectivity index (χ3v) is 7.08. The Morgan fingerprint density at radius 2 is 1.97 bits per heavy atom. The Balaban J connectivity index is 1.80. The molecule has 0 radical (unpaired) electrons. The number of fused-ring (bicyclic) bond motifs is 4. The van der Waals surface area contributed by atoms with Crippen LogP contribution in [0.15, 0.2) is 58.6 Å². The first-order valence-electron chi connectivity index (χ1n) is 11.3. The second kappa shape index (κ2) is 8.52. The van der Waals surface area contributed by atoms with Crippen LogP contribution < -0.4 is 14.8 Å². The van der Waals surface area contributed by atoms with Gasteiger partial charge < -0.3 is 14.8 Å². The van der Waals surface area contributed by atoms with Crippen LogP contribution in [0.25, 0.3) is 16.3 Å². The topological polar surface area (TPSA) is 47.6 Å². The predicted octanol–water partition coefficient (Wildman–Crippen LogP) is 6.93. The Labute approximate surface area is 208 Å². The molecule has 1 aliphatic carbocycles. The number of carbonyl (C=O) groups is 1. The van der Waals surface area contributed by atoms with E-state index in [-0.39, 0.29) is 23.8 Å². The summed E-state index contributed by atoms with van der Waals surface area (Å²) in [6.07, 6.45) is 6.81. The number of ether oxygens (including phenoxy) is 2. The molecule has 0 unspecified atom stereocenters. The van der Waals surface area contributed by atoms with Gasteiger partial charge in [0, 0.05) is 33.3 Å². The van der Waals surface area contributed by atoms with Crippen molar-refractivity contribution in [1.29, 1.82) is 0 Å². The fourth-order valence-electron chi connectivity index (χ4n) is 5.29. The third kappa shape index (κ3) is 3.76. The average molecular weight is 516 g/mol. The largest absolute Gasteiger partial charge is 0.493 e. The number of carbonyl (C=O) groups excluding carboxylic acids is 1. The maximum Gasteiger partial charge on any atom is 0.168 e. The summed E-state index contributed by atoms with van der Waals surface area (Å²) in [5, 5.41) is 5.98. The zero-order valence-electron chi connectivity index (χ0n) is 19.5. The highest BCUT2D eigenvalue weighted by Gasteiger charge is 2.42. The number of halogens is 1. The molecule has 1 atom stereocenters. The summed E-state index contributed by atoms with van der Waals surface area (Å²) >= 11 is 3.60. The number of rotatable bonds is 4. The number of Topliss-reactive ketones (excluding diaryl/α,β-unsaturated/α-hetero) is 1.